The van der Waals surface area contributed by atoms with Crippen molar-refractivity contribution in [2.45, 2.75) is 52.1 Å². The normalized spacial score (nSPS) is 14.2. The average Bonchev–Trinajstić information content (AvgIpc) is 3.44. The molecule has 7 nitrogen and oxygen atoms in total. The minimum absolute atomic E-state index is 0.195. The smallest absolute Gasteiger partial charge is 0.352 e. The fourth-order valence-electron chi connectivity index (χ4n) is 6.59. The largest absolute Gasteiger partial charge is 0.493 e. The highest BCUT2D eigenvalue weighted by Crippen LogP contribution is 2.43. The number of carboxylic acid groups (broad SMARTS) is 1. The molecule has 0 unspecified atom stereocenters. The van der Waals surface area contributed by atoms with Crippen LogP contribution in [0.5, 0.6) is 5.75 Å². The molecule has 1 N–H and O–H groups in total. The molecule has 2 aromatic heterocycles. The Morgan fingerprint density at radius 2 is 1.87 bits per heavy atom. The molecular weight excluding hydrogens is 605 g/mol. The van der Waals surface area contributed by atoms with Crippen molar-refractivity contribution >= 4 is 39.2 Å². The predicted octanol–water partition coefficient (Wildman–Crippen LogP) is 7.87. The molecule has 5 aromatic rings. The second-order valence-electron chi connectivity index (χ2n) is 11.5. The first kappa shape index (κ1) is 31.0. The molecule has 1 aliphatic heterocycles. The zero-order chi connectivity index (χ0) is 31.8. The maximum Gasteiger partial charge on any atom is 0.352 e. The predicted molar refractivity (Wildman–Crippen MR) is 169 cm³/mol. The van der Waals surface area contributed by atoms with Gasteiger partial charge in [-0.05, 0) is 80.4 Å². The maximum absolute atomic E-state index is 13.7. The van der Waals surface area contributed by atoms with Crippen molar-refractivity contribution < 1.29 is 27.8 Å². The van der Waals surface area contributed by atoms with Crippen molar-refractivity contribution in [2.75, 3.05) is 19.7 Å². The summed E-state index contributed by atoms with van der Waals surface area (Å²) in [5.74, 6) is -0.725. The number of halogens is 4. The zero-order valence-electron chi connectivity index (χ0n) is 25.1. The van der Waals surface area contributed by atoms with E-state index in [2.05, 4.69) is 0 Å². The molecule has 3 heterocycles. The van der Waals surface area contributed by atoms with Crippen molar-refractivity contribution in [3.63, 3.8) is 0 Å². The lowest BCUT2D eigenvalue weighted by molar-refractivity contribution is 0.0682. The Hall–Kier alpha value is -4.02. The van der Waals surface area contributed by atoms with Gasteiger partial charge in [0.15, 0.2) is 0 Å². The van der Waals surface area contributed by atoms with Gasteiger partial charge in [-0.2, -0.15) is 5.10 Å². The van der Waals surface area contributed by atoms with Gasteiger partial charge < -0.3 is 14.4 Å². The van der Waals surface area contributed by atoms with Gasteiger partial charge in [0, 0.05) is 47.7 Å². The molecule has 0 amide bonds. The lowest BCUT2D eigenvalue weighted by Gasteiger charge is -2.21. The molecule has 0 saturated heterocycles. The third-order valence-corrected chi connectivity index (χ3v) is 8.96. The number of hydrogen-bond acceptors (Lipinski definition) is 4. The van der Waals surface area contributed by atoms with E-state index < -0.39 is 12.4 Å². The first-order valence-electron chi connectivity index (χ1n) is 15.0. The molecule has 3 aromatic carbocycles. The van der Waals surface area contributed by atoms with Gasteiger partial charge in [-0.3, -0.25) is 9.58 Å². The molecule has 0 aliphatic carbocycles. The van der Waals surface area contributed by atoms with Crippen molar-refractivity contribution in [1.82, 2.24) is 19.2 Å². The molecular formula is C34H34ClF3N4O3. The molecule has 11 heteroatoms. The number of benzene rings is 3. The Balaban J connectivity index is 1.41. The summed E-state index contributed by atoms with van der Waals surface area (Å²) in [5.41, 5.74) is 4.45. The first-order chi connectivity index (χ1) is 21.6. The number of aromatic nitrogens is 3. The summed E-state index contributed by atoms with van der Waals surface area (Å²) in [7, 11) is 1.80. The summed E-state index contributed by atoms with van der Waals surface area (Å²) in [6, 6.07) is 13.7. The van der Waals surface area contributed by atoms with Crippen molar-refractivity contribution in [2.24, 2.45) is 7.05 Å². The van der Waals surface area contributed by atoms with E-state index in [1.54, 1.807) is 28.8 Å². The fourth-order valence-corrected chi connectivity index (χ4v) is 6.84. The van der Waals surface area contributed by atoms with Crippen LogP contribution in [0.15, 0.2) is 48.5 Å². The molecule has 0 bridgehead atoms. The molecule has 6 rings (SSSR count). The Labute approximate surface area is 263 Å². The third kappa shape index (κ3) is 6.01. The van der Waals surface area contributed by atoms with Crippen LogP contribution in [-0.2, 0) is 26.6 Å². The summed E-state index contributed by atoms with van der Waals surface area (Å²) in [5, 5.41) is 18.0. The fraction of sp³-hybridized carbons (Fsp3) is 0.353. The quantitative estimate of drug-likeness (QED) is 0.175. The Morgan fingerprint density at radius 3 is 2.64 bits per heavy atom. The number of carboxylic acids is 1. The van der Waals surface area contributed by atoms with Crippen LogP contribution in [0, 0.1) is 12.7 Å². The highest BCUT2D eigenvalue weighted by atomic mass is 35.5. The van der Waals surface area contributed by atoms with Gasteiger partial charge in [0.1, 0.15) is 17.3 Å². The van der Waals surface area contributed by atoms with Crippen LogP contribution in [-0.4, -0.2) is 56.4 Å². The summed E-state index contributed by atoms with van der Waals surface area (Å²) < 4.78 is 50.4. The van der Waals surface area contributed by atoms with E-state index in [0.717, 1.165) is 27.4 Å². The topological polar surface area (TPSA) is 72.5 Å². The number of nitrogens with zero attached hydrogens (tertiary/aromatic N) is 4. The third-order valence-electron chi connectivity index (χ3n) is 8.64. The summed E-state index contributed by atoms with van der Waals surface area (Å²) in [4.78, 5) is 14.6. The van der Waals surface area contributed by atoms with E-state index in [-0.39, 0.29) is 24.6 Å². The molecule has 0 spiro atoms. The highest BCUT2D eigenvalue weighted by Gasteiger charge is 2.29. The van der Waals surface area contributed by atoms with Gasteiger partial charge in [-0.15, -0.1) is 0 Å². The van der Waals surface area contributed by atoms with E-state index in [1.807, 2.05) is 35.8 Å². The number of aryl methyl sites for hydroxylation is 3. The van der Waals surface area contributed by atoms with Gasteiger partial charge in [-0.1, -0.05) is 29.8 Å². The highest BCUT2D eigenvalue weighted by molar-refractivity contribution is 6.35. The number of hydrogen-bond donors (Lipinski definition) is 1. The van der Waals surface area contributed by atoms with Crippen LogP contribution in [0.3, 0.4) is 0 Å². The summed E-state index contributed by atoms with van der Waals surface area (Å²) >= 11 is 6.92. The van der Waals surface area contributed by atoms with E-state index in [0.29, 0.717) is 78.5 Å². The number of rotatable bonds is 8. The average molecular weight is 639 g/mol. The van der Waals surface area contributed by atoms with E-state index in [9.17, 15) is 23.1 Å². The van der Waals surface area contributed by atoms with Crippen LogP contribution in [0.2, 0.25) is 5.02 Å². The second-order valence-corrected chi connectivity index (χ2v) is 11.9. The minimum atomic E-state index is -2.49. The SMILES string of the molecule is Cc1c2c(nn1C)CN(CC(F)F)CCCCn1c(C(=O)O)c(CCCOc3cccc4cc(F)ccc34)c3ccc(Cl)c-2c31. The Bertz CT molecular complexity index is 1900. The van der Waals surface area contributed by atoms with Crippen LogP contribution in [0.25, 0.3) is 32.8 Å². The molecule has 1 aliphatic rings. The number of ether oxygens (including phenoxy) is 1. The molecule has 0 saturated carbocycles. The van der Waals surface area contributed by atoms with Gasteiger partial charge in [0.2, 0.25) is 0 Å². The summed E-state index contributed by atoms with van der Waals surface area (Å²) in [6.07, 6.45) is -0.301. The van der Waals surface area contributed by atoms with Gasteiger partial charge >= 0.3 is 5.97 Å². The van der Waals surface area contributed by atoms with Crippen LogP contribution in [0.4, 0.5) is 13.2 Å². The number of aromatic carboxylic acids is 1. The molecule has 45 heavy (non-hydrogen) atoms. The Kier molecular flexibility index (Phi) is 8.79. The maximum atomic E-state index is 13.7. The molecule has 236 valence electrons. The van der Waals surface area contributed by atoms with E-state index in [1.165, 1.54) is 12.1 Å². The van der Waals surface area contributed by atoms with Gasteiger partial charge in [0.25, 0.3) is 6.43 Å². The van der Waals surface area contributed by atoms with Crippen LogP contribution >= 0.6 is 11.6 Å². The minimum Gasteiger partial charge on any atom is -0.493 e. The molecule has 0 radical (unpaired) electrons. The van der Waals surface area contributed by atoms with Crippen LogP contribution < -0.4 is 4.74 Å². The second kappa shape index (κ2) is 12.8. The first-order valence-corrected chi connectivity index (χ1v) is 15.4. The zero-order valence-corrected chi connectivity index (χ0v) is 25.9. The van der Waals surface area contributed by atoms with E-state index >= 15 is 0 Å². The number of fused-ring (bicyclic) bond motifs is 3. The number of alkyl halides is 2. The van der Waals surface area contributed by atoms with Crippen molar-refractivity contribution in [1.29, 1.82) is 0 Å². The number of carbonyl (C=O) groups is 1. The monoisotopic (exact) mass is 638 g/mol. The summed E-state index contributed by atoms with van der Waals surface area (Å²) in [6.45, 7) is 2.91. The van der Waals surface area contributed by atoms with Crippen molar-refractivity contribution in [3.05, 3.63) is 82.0 Å². The molecule has 0 fully saturated rings. The Morgan fingerprint density at radius 1 is 1.09 bits per heavy atom. The van der Waals surface area contributed by atoms with E-state index in [4.69, 9.17) is 21.4 Å². The van der Waals surface area contributed by atoms with Gasteiger partial charge in [0.05, 0.1) is 29.4 Å². The molecule has 0 atom stereocenters. The van der Waals surface area contributed by atoms with Crippen LogP contribution in [0.1, 0.15) is 46.7 Å². The van der Waals surface area contributed by atoms with Crippen molar-refractivity contribution in [3.8, 4) is 16.9 Å². The standard InChI is InChI=1S/C34H34ClF3N4O3/c1-20-30-27(39-40(20)2)18-41(19-29(37)38)14-3-4-15-42-32-25(12-13-26(35)31(30)32)24(33(42)34(43)44)8-6-16-45-28-9-5-7-21-17-22(36)10-11-23(21)28/h5,7,9-13,17,29H,3-4,6,8,14-16,18-19H2,1-2H3,(H,43,44). The van der Waals surface area contributed by atoms with Gasteiger partial charge in [-0.25, -0.2) is 18.0 Å². The lowest BCUT2D eigenvalue weighted by atomic mass is 9.98. The lowest BCUT2D eigenvalue weighted by Crippen LogP contribution is -2.30.